The fourth-order valence-electron chi connectivity index (χ4n) is 3.16. The van der Waals surface area contributed by atoms with Crippen molar-refractivity contribution in [3.63, 3.8) is 0 Å². The molecule has 0 aliphatic carbocycles. The highest BCUT2D eigenvalue weighted by Crippen LogP contribution is 2.31. The molecule has 0 aromatic heterocycles. The molecule has 0 amide bonds. The topological polar surface area (TPSA) is 92.9 Å². The van der Waals surface area contributed by atoms with E-state index in [9.17, 15) is 14.7 Å². The molecular weight excluding hydrogens is 320 g/mol. The van der Waals surface area contributed by atoms with E-state index in [1.807, 2.05) is 52.0 Å². The molecule has 1 saturated heterocycles. The van der Waals surface area contributed by atoms with Gasteiger partial charge in [0.25, 0.3) is 0 Å². The molecule has 0 radical (unpaired) electrons. The van der Waals surface area contributed by atoms with Crippen molar-refractivity contribution in [3.05, 3.63) is 35.4 Å². The van der Waals surface area contributed by atoms with Crippen LogP contribution in [0, 0.1) is 12.8 Å². The highest BCUT2D eigenvalue weighted by Gasteiger charge is 2.38. The number of aryl methyl sites for hydroxylation is 1. The minimum atomic E-state index is -0.935. The molecule has 1 aliphatic heterocycles. The number of rotatable bonds is 4. The van der Waals surface area contributed by atoms with Crippen LogP contribution in [0.25, 0.3) is 0 Å². The zero-order valence-electron chi connectivity index (χ0n) is 15.4. The molecule has 25 heavy (non-hydrogen) atoms. The first-order valence-corrected chi connectivity index (χ1v) is 8.62. The second-order valence-electron chi connectivity index (χ2n) is 7.71. The van der Waals surface area contributed by atoms with Crippen LogP contribution in [0.5, 0.6) is 0 Å². The average Bonchev–Trinajstić information content (AvgIpc) is 2.49. The summed E-state index contributed by atoms with van der Waals surface area (Å²) in [6, 6.07) is 6.62. The van der Waals surface area contributed by atoms with Gasteiger partial charge >= 0.3 is 11.9 Å². The minimum Gasteiger partial charge on any atom is -0.480 e. The summed E-state index contributed by atoms with van der Waals surface area (Å²) in [7, 11) is 0. The van der Waals surface area contributed by atoms with E-state index in [2.05, 4.69) is 0 Å². The van der Waals surface area contributed by atoms with Crippen LogP contribution in [-0.2, 0) is 14.3 Å². The van der Waals surface area contributed by atoms with Gasteiger partial charge in [-0.05, 0) is 46.1 Å². The van der Waals surface area contributed by atoms with Gasteiger partial charge in [0, 0.05) is 6.54 Å². The van der Waals surface area contributed by atoms with Crippen molar-refractivity contribution in [1.82, 2.24) is 4.90 Å². The van der Waals surface area contributed by atoms with Gasteiger partial charge in [0.05, 0.1) is 12.1 Å². The molecule has 0 spiro atoms. The summed E-state index contributed by atoms with van der Waals surface area (Å²) >= 11 is 0. The first-order valence-electron chi connectivity index (χ1n) is 8.62. The van der Waals surface area contributed by atoms with Gasteiger partial charge in [0.1, 0.15) is 11.6 Å². The average molecular weight is 348 g/mol. The van der Waals surface area contributed by atoms with Crippen LogP contribution in [0.15, 0.2) is 24.3 Å². The Morgan fingerprint density at radius 3 is 2.36 bits per heavy atom. The standard InChI is InChI=1S/C19H28N2O4/c1-12-5-7-13(8-6-12)16(17(22)23)21-10-9-14(11-15(21)20)18(24)25-19(2,3)4/h5-8,14-16H,9-11,20H2,1-4H3,(H,22,23)/t14-,15+,16+/m0/s1. The molecule has 1 aliphatic rings. The third-order valence-corrected chi connectivity index (χ3v) is 4.39. The van der Waals surface area contributed by atoms with Crippen molar-refractivity contribution in [2.45, 2.75) is 58.3 Å². The third kappa shape index (κ3) is 5.03. The number of carboxylic acids is 1. The van der Waals surface area contributed by atoms with Gasteiger partial charge in [-0.25, -0.2) is 0 Å². The van der Waals surface area contributed by atoms with E-state index in [4.69, 9.17) is 10.5 Å². The molecule has 138 valence electrons. The zero-order valence-corrected chi connectivity index (χ0v) is 15.4. The predicted octanol–water partition coefficient (Wildman–Crippen LogP) is 2.46. The van der Waals surface area contributed by atoms with Gasteiger partial charge in [0.15, 0.2) is 0 Å². The Bertz CT molecular complexity index is 621. The summed E-state index contributed by atoms with van der Waals surface area (Å²) in [4.78, 5) is 25.9. The van der Waals surface area contributed by atoms with Crippen LogP contribution in [0.1, 0.15) is 50.8 Å². The van der Waals surface area contributed by atoms with Crippen molar-refractivity contribution >= 4 is 11.9 Å². The van der Waals surface area contributed by atoms with Crippen molar-refractivity contribution in [2.75, 3.05) is 6.54 Å². The van der Waals surface area contributed by atoms with Gasteiger partial charge in [-0.15, -0.1) is 0 Å². The summed E-state index contributed by atoms with van der Waals surface area (Å²) < 4.78 is 5.44. The van der Waals surface area contributed by atoms with E-state index in [1.165, 1.54) is 0 Å². The Labute approximate surface area is 149 Å². The zero-order chi connectivity index (χ0) is 18.8. The second-order valence-corrected chi connectivity index (χ2v) is 7.71. The van der Waals surface area contributed by atoms with Crippen molar-refractivity contribution < 1.29 is 19.4 Å². The van der Waals surface area contributed by atoms with Crippen LogP contribution in [0.3, 0.4) is 0 Å². The Kier molecular flexibility index (Phi) is 5.85. The lowest BCUT2D eigenvalue weighted by Crippen LogP contribution is -2.52. The largest absolute Gasteiger partial charge is 0.480 e. The number of carbonyl (C=O) groups is 2. The molecule has 2 rings (SSSR count). The normalized spacial score (nSPS) is 23.1. The molecule has 1 aromatic rings. The molecule has 3 N–H and O–H groups in total. The maximum Gasteiger partial charge on any atom is 0.325 e. The van der Waals surface area contributed by atoms with Crippen molar-refractivity contribution in [3.8, 4) is 0 Å². The molecule has 0 saturated carbocycles. The van der Waals surface area contributed by atoms with Crippen LogP contribution in [0.4, 0.5) is 0 Å². The van der Waals surface area contributed by atoms with Gasteiger partial charge in [0.2, 0.25) is 0 Å². The Morgan fingerprint density at radius 2 is 1.88 bits per heavy atom. The molecular formula is C19H28N2O4. The molecule has 0 bridgehead atoms. The van der Waals surface area contributed by atoms with Crippen molar-refractivity contribution in [2.24, 2.45) is 11.7 Å². The number of hydrogen-bond acceptors (Lipinski definition) is 5. The number of likely N-dealkylation sites (tertiary alicyclic amines) is 1. The number of piperidine rings is 1. The second kappa shape index (κ2) is 7.54. The lowest BCUT2D eigenvalue weighted by molar-refractivity contribution is -0.163. The van der Waals surface area contributed by atoms with Crippen LogP contribution >= 0.6 is 0 Å². The molecule has 6 heteroatoms. The number of carboxylic acid groups (broad SMARTS) is 1. The van der Waals surface area contributed by atoms with E-state index < -0.39 is 23.8 Å². The molecule has 3 atom stereocenters. The van der Waals surface area contributed by atoms with Crippen molar-refractivity contribution in [1.29, 1.82) is 0 Å². The number of nitrogens with zero attached hydrogens (tertiary/aromatic N) is 1. The molecule has 0 unspecified atom stereocenters. The van der Waals surface area contributed by atoms with E-state index in [1.54, 1.807) is 4.90 Å². The SMILES string of the molecule is Cc1ccc([C@H](C(=O)O)N2CC[C@H](C(=O)OC(C)(C)C)C[C@@H]2N)cc1. The first kappa shape index (κ1) is 19.4. The summed E-state index contributed by atoms with van der Waals surface area (Å²) in [5, 5.41) is 9.71. The smallest absolute Gasteiger partial charge is 0.325 e. The van der Waals surface area contributed by atoms with Gasteiger partial charge < -0.3 is 15.6 Å². The van der Waals surface area contributed by atoms with Gasteiger partial charge in [-0.3, -0.25) is 14.5 Å². The van der Waals surface area contributed by atoms with E-state index >= 15 is 0 Å². The molecule has 1 heterocycles. The Morgan fingerprint density at radius 1 is 1.28 bits per heavy atom. The van der Waals surface area contributed by atoms with Crippen LogP contribution < -0.4 is 5.73 Å². The predicted molar refractivity (Wildman–Crippen MR) is 94.8 cm³/mol. The highest BCUT2D eigenvalue weighted by molar-refractivity contribution is 5.76. The number of esters is 1. The lowest BCUT2D eigenvalue weighted by atomic mass is 9.91. The first-order chi connectivity index (χ1) is 11.6. The number of nitrogens with two attached hydrogens (primary N) is 1. The minimum absolute atomic E-state index is 0.259. The van der Waals surface area contributed by atoms with E-state index in [-0.39, 0.29) is 11.9 Å². The number of benzene rings is 1. The fraction of sp³-hybridized carbons (Fsp3) is 0.579. The van der Waals surface area contributed by atoms with E-state index in [0.29, 0.717) is 24.9 Å². The quantitative estimate of drug-likeness (QED) is 0.812. The monoisotopic (exact) mass is 348 g/mol. The third-order valence-electron chi connectivity index (χ3n) is 4.39. The fourth-order valence-corrected chi connectivity index (χ4v) is 3.16. The van der Waals surface area contributed by atoms with Gasteiger partial charge in [-0.1, -0.05) is 29.8 Å². The lowest BCUT2D eigenvalue weighted by Gasteiger charge is -2.40. The maximum atomic E-state index is 12.3. The maximum absolute atomic E-state index is 12.3. The summed E-state index contributed by atoms with van der Waals surface area (Å²) in [5.74, 6) is -1.49. The molecule has 6 nitrogen and oxygen atoms in total. The number of carbonyl (C=O) groups excluding carboxylic acids is 1. The highest BCUT2D eigenvalue weighted by atomic mass is 16.6. The molecule has 1 aromatic carbocycles. The number of aliphatic carboxylic acids is 1. The number of ether oxygens (including phenoxy) is 1. The summed E-state index contributed by atoms with van der Waals surface area (Å²) in [6.45, 7) is 7.89. The molecule has 1 fully saturated rings. The van der Waals surface area contributed by atoms with Gasteiger partial charge in [-0.2, -0.15) is 0 Å². The van der Waals surface area contributed by atoms with Crippen LogP contribution in [-0.4, -0.2) is 40.3 Å². The Balaban J connectivity index is 2.11. The van der Waals surface area contributed by atoms with E-state index in [0.717, 1.165) is 5.56 Å². The summed E-state index contributed by atoms with van der Waals surface area (Å²) in [5.41, 5.74) is 7.46. The number of hydrogen-bond donors (Lipinski definition) is 2. The summed E-state index contributed by atoms with van der Waals surface area (Å²) in [6.07, 6.45) is 0.427. The van der Waals surface area contributed by atoms with Crippen LogP contribution in [0.2, 0.25) is 0 Å². The Hall–Kier alpha value is -1.92.